The minimum atomic E-state index is -0.179. The van der Waals surface area contributed by atoms with E-state index in [0.29, 0.717) is 42.6 Å². The van der Waals surface area contributed by atoms with Gasteiger partial charge in [0, 0.05) is 23.2 Å². The number of para-hydroxylation sites is 2. The molecule has 3 aromatic carbocycles. The van der Waals surface area contributed by atoms with Crippen LogP contribution in [0.3, 0.4) is 0 Å². The molecule has 30 heavy (non-hydrogen) atoms. The molecule has 0 unspecified atom stereocenters. The van der Waals surface area contributed by atoms with Gasteiger partial charge in [0.05, 0.1) is 7.11 Å². The minimum Gasteiger partial charge on any atom is -0.496 e. The summed E-state index contributed by atoms with van der Waals surface area (Å²) in [6.07, 6.45) is 1.85. The minimum absolute atomic E-state index is 0.179. The third-order valence-corrected chi connectivity index (χ3v) is 4.86. The fraction of sp³-hybridized carbons (Fsp3) is 0.160. The lowest BCUT2D eigenvalue weighted by molar-refractivity contribution is -0.115. The molecule has 3 aromatic rings. The standard InChI is InChI=1S/C25H23NO4/c1-28-22-12-6-5-10-19(22)16-21(18-8-3-2-4-9-18)25(27)26-17-20-11-7-13-23-24(20)30-15-14-29-23/h2-13,16H,14-15,17H2,1H3,(H,26,27)/b21-16+. The molecule has 0 bridgehead atoms. The lowest BCUT2D eigenvalue weighted by Gasteiger charge is -2.21. The van der Waals surface area contributed by atoms with Gasteiger partial charge < -0.3 is 19.5 Å². The van der Waals surface area contributed by atoms with Crippen LogP contribution in [-0.4, -0.2) is 26.2 Å². The summed E-state index contributed by atoms with van der Waals surface area (Å²) in [4.78, 5) is 13.2. The number of fused-ring (bicyclic) bond motifs is 1. The lowest BCUT2D eigenvalue weighted by Crippen LogP contribution is -2.25. The molecular formula is C25H23NO4. The van der Waals surface area contributed by atoms with Gasteiger partial charge >= 0.3 is 0 Å². The van der Waals surface area contributed by atoms with Crippen LogP contribution in [-0.2, 0) is 11.3 Å². The van der Waals surface area contributed by atoms with Crippen LogP contribution < -0.4 is 19.5 Å². The number of carbonyl (C=O) groups is 1. The highest BCUT2D eigenvalue weighted by molar-refractivity contribution is 6.24. The Morgan fingerprint density at radius 1 is 0.967 bits per heavy atom. The summed E-state index contributed by atoms with van der Waals surface area (Å²) in [6, 6.07) is 22.9. The van der Waals surface area contributed by atoms with E-state index in [1.54, 1.807) is 7.11 Å². The first-order valence-corrected chi connectivity index (χ1v) is 9.82. The summed E-state index contributed by atoms with van der Waals surface area (Å²) in [7, 11) is 1.62. The monoisotopic (exact) mass is 401 g/mol. The third-order valence-electron chi connectivity index (χ3n) is 4.86. The van der Waals surface area contributed by atoms with Crippen molar-refractivity contribution in [3.63, 3.8) is 0 Å². The predicted molar refractivity (Wildman–Crippen MR) is 117 cm³/mol. The van der Waals surface area contributed by atoms with Gasteiger partial charge in [-0.05, 0) is 23.8 Å². The molecule has 0 spiro atoms. The fourth-order valence-electron chi connectivity index (χ4n) is 3.38. The zero-order chi connectivity index (χ0) is 20.8. The Labute approximate surface area is 175 Å². The average molecular weight is 401 g/mol. The van der Waals surface area contributed by atoms with Crippen molar-refractivity contribution in [1.29, 1.82) is 0 Å². The molecule has 0 aliphatic carbocycles. The van der Waals surface area contributed by atoms with Crippen LogP contribution in [0.1, 0.15) is 16.7 Å². The van der Waals surface area contributed by atoms with Gasteiger partial charge in [-0.1, -0.05) is 60.7 Å². The molecule has 0 saturated heterocycles. The fourth-order valence-corrected chi connectivity index (χ4v) is 3.38. The number of ether oxygens (including phenoxy) is 3. The Balaban J connectivity index is 1.62. The molecule has 1 N–H and O–H groups in total. The highest BCUT2D eigenvalue weighted by atomic mass is 16.6. The molecule has 5 nitrogen and oxygen atoms in total. The van der Waals surface area contributed by atoms with Gasteiger partial charge in [0.1, 0.15) is 19.0 Å². The van der Waals surface area contributed by atoms with E-state index in [4.69, 9.17) is 14.2 Å². The first kappa shape index (κ1) is 19.6. The molecule has 5 heteroatoms. The van der Waals surface area contributed by atoms with Crippen LogP contribution in [0, 0.1) is 0 Å². The number of amides is 1. The number of hydrogen-bond donors (Lipinski definition) is 1. The van der Waals surface area contributed by atoms with Gasteiger partial charge in [-0.25, -0.2) is 0 Å². The van der Waals surface area contributed by atoms with Crippen molar-refractivity contribution < 1.29 is 19.0 Å². The lowest BCUT2D eigenvalue weighted by atomic mass is 10.0. The Morgan fingerprint density at radius 3 is 2.57 bits per heavy atom. The average Bonchev–Trinajstić information content (AvgIpc) is 2.81. The first-order valence-electron chi connectivity index (χ1n) is 9.82. The van der Waals surface area contributed by atoms with E-state index in [2.05, 4.69) is 5.32 Å². The molecule has 0 aromatic heterocycles. The van der Waals surface area contributed by atoms with Gasteiger partial charge in [-0.2, -0.15) is 0 Å². The maximum atomic E-state index is 13.2. The second-order valence-corrected chi connectivity index (χ2v) is 6.79. The highest BCUT2D eigenvalue weighted by Crippen LogP contribution is 2.33. The van der Waals surface area contributed by atoms with Crippen molar-refractivity contribution in [2.24, 2.45) is 0 Å². The number of nitrogens with one attached hydrogen (secondary N) is 1. The first-order chi connectivity index (χ1) is 14.8. The highest BCUT2D eigenvalue weighted by Gasteiger charge is 2.18. The summed E-state index contributed by atoms with van der Waals surface area (Å²) in [5.74, 6) is 1.93. The second kappa shape index (κ2) is 9.18. The van der Waals surface area contributed by atoms with Crippen LogP contribution in [0.25, 0.3) is 11.6 Å². The summed E-state index contributed by atoms with van der Waals surface area (Å²) < 4.78 is 16.8. The molecule has 1 amide bonds. The number of methoxy groups -OCH3 is 1. The van der Waals surface area contributed by atoms with E-state index in [1.807, 2.05) is 78.9 Å². The van der Waals surface area contributed by atoms with Crippen molar-refractivity contribution in [3.8, 4) is 17.2 Å². The zero-order valence-corrected chi connectivity index (χ0v) is 16.8. The van der Waals surface area contributed by atoms with Crippen LogP contribution in [0.2, 0.25) is 0 Å². The quantitative estimate of drug-likeness (QED) is 0.494. The molecule has 0 radical (unpaired) electrons. The molecule has 152 valence electrons. The van der Waals surface area contributed by atoms with E-state index in [9.17, 15) is 4.79 Å². The van der Waals surface area contributed by atoms with Crippen LogP contribution in [0.4, 0.5) is 0 Å². The van der Waals surface area contributed by atoms with E-state index in [0.717, 1.165) is 16.7 Å². The SMILES string of the molecule is COc1ccccc1/C=C(/C(=O)NCc1cccc2c1OCCO2)c1ccccc1. The molecule has 1 aliphatic heterocycles. The van der Waals surface area contributed by atoms with Crippen molar-refractivity contribution >= 4 is 17.6 Å². The largest absolute Gasteiger partial charge is 0.496 e. The van der Waals surface area contributed by atoms with Gasteiger partial charge in [0.25, 0.3) is 5.91 Å². The van der Waals surface area contributed by atoms with Crippen LogP contribution in [0.5, 0.6) is 17.2 Å². The molecular weight excluding hydrogens is 378 g/mol. The van der Waals surface area contributed by atoms with Crippen molar-refractivity contribution in [2.75, 3.05) is 20.3 Å². The Bertz CT molecular complexity index is 1060. The zero-order valence-electron chi connectivity index (χ0n) is 16.8. The molecule has 1 heterocycles. The molecule has 1 aliphatic rings. The van der Waals surface area contributed by atoms with Gasteiger partial charge in [0.15, 0.2) is 11.5 Å². The number of rotatable bonds is 6. The summed E-state index contributed by atoms with van der Waals surface area (Å²) in [5.41, 5.74) is 3.10. The van der Waals surface area contributed by atoms with Crippen LogP contribution in [0.15, 0.2) is 72.8 Å². The van der Waals surface area contributed by atoms with Crippen molar-refractivity contribution in [3.05, 3.63) is 89.5 Å². The Morgan fingerprint density at radius 2 is 1.73 bits per heavy atom. The number of hydrogen-bond acceptors (Lipinski definition) is 4. The molecule has 4 rings (SSSR count). The summed E-state index contributed by atoms with van der Waals surface area (Å²) in [5, 5.41) is 3.02. The smallest absolute Gasteiger partial charge is 0.252 e. The third kappa shape index (κ3) is 4.30. The maximum Gasteiger partial charge on any atom is 0.252 e. The van der Waals surface area contributed by atoms with E-state index >= 15 is 0 Å². The van der Waals surface area contributed by atoms with E-state index in [-0.39, 0.29) is 5.91 Å². The topological polar surface area (TPSA) is 56.8 Å². The Hall–Kier alpha value is -3.73. The predicted octanol–water partition coefficient (Wildman–Crippen LogP) is 4.32. The van der Waals surface area contributed by atoms with Crippen molar-refractivity contribution in [1.82, 2.24) is 5.32 Å². The van der Waals surface area contributed by atoms with Crippen LogP contribution >= 0.6 is 0 Å². The number of benzene rings is 3. The number of carbonyl (C=O) groups excluding carboxylic acids is 1. The maximum absolute atomic E-state index is 13.2. The summed E-state index contributed by atoms with van der Waals surface area (Å²) >= 11 is 0. The molecule has 0 fully saturated rings. The Kier molecular flexibility index (Phi) is 5.99. The van der Waals surface area contributed by atoms with Gasteiger partial charge in [-0.3, -0.25) is 4.79 Å². The molecule has 0 saturated carbocycles. The normalized spacial score (nSPS) is 12.9. The molecule has 0 atom stereocenters. The van der Waals surface area contributed by atoms with E-state index < -0.39 is 0 Å². The van der Waals surface area contributed by atoms with Crippen molar-refractivity contribution in [2.45, 2.75) is 6.54 Å². The van der Waals surface area contributed by atoms with E-state index in [1.165, 1.54) is 0 Å². The van der Waals surface area contributed by atoms with Gasteiger partial charge in [0.2, 0.25) is 0 Å². The summed E-state index contributed by atoms with van der Waals surface area (Å²) in [6.45, 7) is 1.37. The second-order valence-electron chi connectivity index (χ2n) is 6.79. The van der Waals surface area contributed by atoms with Gasteiger partial charge in [-0.15, -0.1) is 0 Å².